The van der Waals surface area contributed by atoms with Crippen LogP contribution in [0.1, 0.15) is 11.1 Å². The van der Waals surface area contributed by atoms with E-state index >= 15 is 0 Å². The molecule has 6 nitrogen and oxygen atoms in total. The third-order valence-electron chi connectivity index (χ3n) is 3.08. The topological polar surface area (TPSA) is 69.2 Å². The summed E-state index contributed by atoms with van der Waals surface area (Å²) in [4.78, 5) is 10.9. The Hall–Kier alpha value is -2.73. The lowest BCUT2D eigenvalue weighted by atomic mass is 10.2. The highest BCUT2D eigenvalue weighted by molar-refractivity contribution is 6.31. The predicted octanol–water partition coefficient (Wildman–Crippen LogP) is 3.62. The first-order valence-corrected chi connectivity index (χ1v) is 7.43. The maximum atomic E-state index is 10.9. The second kappa shape index (κ2) is 8.79. The van der Waals surface area contributed by atoms with Gasteiger partial charge in [-0.25, -0.2) is 10.2 Å². The van der Waals surface area contributed by atoms with Gasteiger partial charge < -0.3 is 14.2 Å². The molecule has 1 N–H and O–H groups in total. The van der Waals surface area contributed by atoms with Crippen molar-refractivity contribution < 1.29 is 19.0 Å². The lowest BCUT2D eigenvalue weighted by Gasteiger charge is -2.12. The van der Waals surface area contributed by atoms with Crippen LogP contribution in [-0.2, 0) is 11.3 Å². The quantitative estimate of drug-likeness (QED) is 0.639. The van der Waals surface area contributed by atoms with E-state index in [9.17, 15) is 4.79 Å². The Bertz CT molecular complexity index is 734. The molecule has 0 spiro atoms. The van der Waals surface area contributed by atoms with Gasteiger partial charge in [0.15, 0.2) is 11.5 Å². The van der Waals surface area contributed by atoms with E-state index in [0.29, 0.717) is 23.1 Å². The first-order valence-electron chi connectivity index (χ1n) is 7.05. The number of methoxy groups -OCH3 is 2. The van der Waals surface area contributed by atoms with E-state index in [2.05, 4.69) is 15.3 Å². The second-order valence-corrected chi connectivity index (χ2v) is 5.06. The third kappa shape index (κ3) is 4.89. The number of amides is 1. The van der Waals surface area contributed by atoms with Gasteiger partial charge in [-0.3, -0.25) is 0 Å². The van der Waals surface area contributed by atoms with Gasteiger partial charge in [0.1, 0.15) is 6.61 Å². The number of halogens is 1. The molecule has 0 atom stereocenters. The number of hydrazone groups is 1. The van der Waals surface area contributed by atoms with Crippen molar-refractivity contribution in [2.45, 2.75) is 6.61 Å². The van der Waals surface area contributed by atoms with Crippen LogP contribution in [0.4, 0.5) is 4.79 Å². The van der Waals surface area contributed by atoms with Gasteiger partial charge in [-0.05, 0) is 29.8 Å². The van der Waals surface area contributed by atoms with Crippen LogP contribution in [0.2, 0.25) is 5.02 Å². The fourth-order valence-electron chi connectivity index (χ4n) is 1.86. The SMILES string of the molecule is COC(=O)NN=Cc1ccc(OCc2ccccc2Cl)c(OC)c1. The average molecular weight is 349 g/mol. The number of carbonyl (C=O) groups excluding carboxylic acids is 1. The molecule has 0 aromatic heterocycles. The summed E-state index contributed by atoms with van der Waals surface area (Å²) in [5.41, 5.74) is 3.82. The fourth-order valence-corrected chi connectivity index (χ4v) is 2.05. The maximum Gasteiger partial charge on any atom is 0.427 e. The number of hydrogen-bond acceptors (Lipinski definition) is 5. The number of benzene rings is 2. The van der Waals surface area contributed by atoms with Crippen molar-refractivity contribution in [3.05, 3.63) is 58.6 Å². The maximum absolute atomic E-state index is 10.9. The van der Waals surface area contributed by atoms with Crippen LogP contribution in [0.25, 0.3) is 0 Å². The van der Waals surface area contributed by atoms with Crippen molar-refractivity contribution >= 4 is 23.9 Å². The second-order valence-electron chi connectivity index (χ2n) is 4.65. The van der Waals surface area contributed by atoms with E-state index < -0.39 is 6.09 Å². The molecule has 2 rings (SSSR count). The lowest BCUT2D eigenvalue weighted by molar-refractivity contribution is 0.171. The van der Waals surface area contributed by atoms with E-state index in [4.69, 9.17) is 21.1 Å². The number of rotatable bonds is 6. The molecule has 0 fully saturated rings. The van der Waals surface area contributed by atoms with Crippen LogP contribution in [0.5, 0.6) is 11.5 Å². The monoisotopic (exact) mass is 348 g/mol. The summed E-state index contributed by atoms with van der Waals surface area (Å²) in [7, 11) is 2.81. The first-order chi connectivity index (χ1) is 11.6. The Morgan fingerprint density at radius 1 is 1.21 bits per heavy atom. The van der Waals surface area contributed by atoms with E-state index in [1.165, 1.54) is 13.3 Å². The summed E-state index contributed by atoms with van der Waals surface area (Å²) in [6, 6.07) is 12.8. The summed E-state index contributed by atoms with van der Waals surface area (Å²) >= 11 is 6.11. The van der Waals surface area contributed by atoms with Crippen molar-refractivity contribution in [2.24, 2.45) is 5.10 Å². The highest BCUT2D eigenvalue weighted by Crippen LogP contribution is 2.29. The number of nitrogens with one attached hydrogen (secondary N) is 1. The normalized spacial score (nSPS) is 10.5. The minimum Gasteiger partial charge on any atom is -0.493 e. The molecular weight excluding hydrogens is 332 g/mol. The Morgan fingerprint density at radius 3 is 2.71 bits per heavy atom. The molecule has 126 valence electrons. The molecule has 0 aliphatic carbocycles. The zero-order valence-electron chi connectivity index (χ0n) is 13.3. The van der Waals surface area contributed by atoms with Crippen molar-refractivity contribution in [3.63, 3.8) is 0 Å². The third-order valence-corrected chi connectivity index (χ3v) is 3.45. The molecule has 0 saturated carbocycles. The highest BCUT2D eigenvalue weighted by Gasteiger charge is 2.07. The smallest absolute Gasteiger partial charge is 0.427 e. The zero-order valence-corrected chi connectivity index (χ0v) is 14.0. The molecule has 1 amide bonds. The van der Waals surface area contributed by atoms with Gasteiger partial charge in [0, 0.05) is 10.6 Å². The molecule has 2 aromatic carbocycles. The van der Waals surface area contributed by atoms with Crippen molar-refractivity contribution in [1.82, 2.24) is 5.43 Å². The Balaban J connectivity index is 2.06. The standard InChI is InChI=1S/C17H17ClN2O4/c1-22-16-9-12(10-19-20-17(21)23-2)7-8-15(16)24-11-13-5-3-4-6-14(13)18/h3-10H,11H2,1-2H3,(H,20,21). The molecule has 0 aliphatic rings. The molecule has 0 unspecified atom stereocenters. The van der Waals surface area contributed by atoms with E-state index in [1.807, 2.05) is 24.3 Å². The van der Waals surface area contributed by atoms with Crippen LogP contribution in [0, 0.1) is 0 Å². The van der Waals surface area contributed by atoms with Gasteiger partial charge >= 0.3 is 6.09 Å². The van der Waals surface area contributed by atoms with Gasteiger partial charge in [0.2, 0.25) is 0 Å². The Morgan fingerprint density at radius 2 is 2.00 bits per heavy atom. The number of hydrogen-bond donors (Lipinski definition) is 1. The van der Waals surface area contributed by atoms with E-state index in [1.54, 1.807) is 25.3 Å². The average Bonchev–Trinajstić information content (AvgIpc) is 2.61. The van der Waals surface area contributed by atoms with Gasteiger partial charge in [0.25, 0.3) is 0 Å². The zero-order chi connectivity index (χ0) is 17.4. The van der Waals surface area contributed by atoms with Crippen molar-refractivity contribution in [3.8, 4) is 11.5 Å². The predicted molar refractivity (Wildman–Crippen MR) is 91.9 cm³/mol. The Labute approximate surface area is 145 Å². The van der Waals surface area contributed by atoms with Gasteiger partial charge in [-0.2, -0.15) is 5.10 Å². The van der Waals surface area contributed by atoms with Crippen molar-refractivity contribution in [1.29, 1.82) is 0 Å². The van der Waals surface area contributed by atoms with E-state index in [-0.39, 0.29) is 0 Å². The molecule has 7 heteroatoms. The van der Waals surface area contributed by atoms with Crippen LogP contribution in [-0.4, -0.2) is 26.5 Å². The summed E-state index contributed by atoms with van der Waals surface area (Å²) in [6.45, 7) is 0.327. The van der Waals surface area contributed by atoms with Crippen LogP contribution < -0.4 is 14.9 Å². The summed E-state index contributed by atoms with van der Waals surface area (Å²) in [5.74, 6) is 1.12. The number of carbonyl (C=O) groups is 1. The Kier molecular flexibility index (Phi) is 6.45. The molecular formula is C17H17ClN2O4. The first kappa shape index (κ1) is 17.6. The minimum absolute atomic E-state index is 0.327. The van der Waals surface area contributed by atoms with Gasteiger partial charge in [0.05, 0.1) is 20.4 Å². The van der Waals surface area contributed by atoms with E-state index in [0.717, 1.165) is 11.1 Å². The van der Waals surface area contributed by atoms with Gasteiger partial charge in [-0.15, -0.1) is 0 Å². The minimum atomic E-state index is -0.641. The molecule has 0 saturated heterocycles. The van der Waals surface area contributed by atoms with Crippen LogP contribution >= 0.6 is 11.6 Å². The molecule has 0 heterocycles. The number of ether oxygens (including phenoxy) is 3. The fraction of sp³-hybridized carbons (Fsp3) is 0.176. The summed E-state index contributed by atoms with van der Waals surface area (Å²) in [5, 5.41) is 4.41. The lowest BCUT2D eigenvalue weighted by Crippen LogP contribution is -2.16. The van der Waals surface area contributed by atoms with Crippen molar-refractivity contribution in [2.75, 3.05) is 14.2 Å². The van der Waals surface area contributed by atoms with Crippen LogP contribution in [0.15, 0.2) is 47.6 Å². The van der Waals surface area contributed by atoms with Gasteiger partial charge in [-0.1, -0.05) is 29.8 Å². The largest absolute Gasteiger partial charge is 0.493 e. The molecule has 24 heavy (non-hydrogen) atoms. The molecule has 0 aliphatic heterocycles. The van der Waals surface area contributed by atoms with Crippen LogP contribution in [0.3, 0.4) is 0 Å². The highest BCUT2D eigenvalue weighted by atomic mass is 35.5. The summed E-state index contributed by atoms with van der Waals surface area (Å²) in [6.07, 6.45) is 0.829. The molecule has 0 radical (unpaired) electrons. The number of nitrogens with zero attached hydrogens (tertiary/aromatic N) is 1. The molecule has 2 aromatic rings. The summed E-state index contributed by atoms with van der Waals surface area (Å²) < 4.78 is 15.5. The molecule has 0 bridgehead atoms.